The number of aliphatic hydroxyl groups is 4. The Bertz CT molecular complexity index is 930. The molecule has 2 aromatic carbocycles. The summed E-state index contributed by atoms with van der Waals surface area (Å²) in [5.74, 6) is 0.613. The Labute approximate surface area is 161 Å². The van der Waals surface area contributed by atoms with E-state index in [1.807, 2.05) is 54.6 Å². The molecule has 5 N–H and O–H groups in total. The van der Waals surface area contributed by atoms with E-state index in [0.717, 1.165) is 16.7 Å². The van der Waals surface area contributed by atoms with Gasteiger partial charge in [0.2, 0.25) is 0 Å². The Morgan fingerprint density at radius 1 is 0.857 bits per heavy atom. The van der Waals surface area contributed by atoms with Crippen LogP contribution in [0.5, 0.6) is 0 Å². The highest BCUT2D eigenvalue weighted by Crippen LogP contribution is 2.32. The minimum Gasteiger partial charge on any atom is -0.394 e. The number of hydrogen-bond acceptors (Lipinski definition) is 7. The lowest BCUT2D eigenvalue weighted by molar-refractivity contribution is -0.233. The highest BCUT2D eigenvalue weighted by Gasteiger charge is 2.45. The average Bonchev–Trinajstić information content (AvgIpc) is 3.23. The maximum atomic E-state index is 10.2. The van der Waals surface area contributed by atoms with Crippen LogP contribution in [0.1, 0.15) is 11.9 Å². The monoisotopic (exact) mass is 383 g/mol. The van der Waals surface area contributed by atoms with Gasteiger partial charge in [-0.2, -0.15) is 5.10 Å². The second kappa shape index (κ2) is 7.78. The molecule has 146 valence electrons. The third-order valence-corrected chi connectivity index (χ3v) is 4.89. The first-order valence-corrected chi connectivity index (χ1v) is 8.97. The Morgan fingerprint density at radius 3 is 2.32 bits per heavy atom. The van der Waals surface area contributed by atoms with Crippen molar-refractivity contribution in [3.63, 3.8) is 0 Å². The van der Waals surface area contributed by atoms with Crippen LogP contribution in [0.4, 0.5) is 0 Å². The van der Waals surface area contributed by atoms with Crippen molar-refractivity contribution in [2.75, 3.05) is 6.61 Å². The van der Waals surface area contributed by atoms with Crippen molar-refractivity contribution < 1.29 is 25.2 Å². The van der Waals surface area contributed by atoms with Gasteiger partial charge in [0.15, 0.2) is 11.6 Å². The van der Waals surface area contributed by atoms with E-state index < -0.39 is 37.1 Å². The Balaban J connectivity index is 1.61. The molecule has 1 saturated heterocycles. The van der Waals surface area contributed by atoms with E-state index in [2.05, 4.69) is 15.2 Å². The number of benzene rings is 2. The summed E-state index contributed by atoms with van der Waals surface area (Å²) in [6, 6.07) is 17.6. The standard InChI is InChI=1S/C20H21N3O5/c24-10-14-15(25)16(26)17(27)18(28-14)20-21-19(22-23-20)13-8-4-7-12(9-13)11-5-2-1-3-6-11/h1-9,14-18,24-27H,10H2,(H,21,22,23)/t14-,15-,16+,17-,18-/m1/s1. The molecular weight excluding hydrogens is 362 g/mol. The van der Waals surface area contributed by atoms with Crippen LogP contribution in [0.25, 0.3) is 22.5 Å². The first-order chi connectivity index (χ1) is 13.6. The molecule has 0 amide bonds. The molecule has 0 bridgehead atoms. The summed E-state index contributed by atoms with van der Waals surface area (Å²) in [5.41, 5.74) is 2.85. The van der Waals surface area contributed by atoms with Crippen molar-refractivity contribution in [1.29, 1.82) is 0 Å². The second-order valence-corrected chi connectivity index (χ2v) is 6.74. The van der Waals surface area contributed by atoms with Crippen LogP contribution in [0, 0.1) is 0 Å². The third kappa shape index (κ3) is 3.44. The largest absolute Gasteiger partial charge is 0.394 e. The molecule has 1 aromatic heterocycles. The summed E-state index contributed by atoms with van der Waals surface area (Å²) >= 11 is 0. The molecule has 0 aliphatic carbocycles. The Kier molecular flexibility index (Phi) is 5.21. The fourth-order valence-corrected chi connectivity index (χ4v) is 3.33. The van der Waals surface area contributed by atoms with Crippen molar-refractivity contribution in [3.8, 4) is 22.5 Å². The molecule has 0 radical (unpaired) electrons. The van der Waals surface area contributed by atoms with Crippen LogP contribution in [0.3, 0.4) is 0 Å². The molecule has 5 atom stereocenters. The van der Waals surface area contributed by atoms with Gasteiger partial charge in [-0.25, -0.2) is 4.98 Å². The van der Waals surface area contributed by atoms with Gasteiger partial charge in [0.25, 0.3) is 0 Å². The van der Waals surface area contributed by atoms with E-state index in [9.17, 15) is 20.4 Å². The molecule has 3 aromatic rings. The van der Waals surface area contributed by atoms with Gasteiger partial charge in [0.05, 0.1) is 6.61 Å². The van der Waals surface area contributed by atoms with Gasteiger partial charge in [0, 0.05) is 5.56 Å². The number of nitrogens with one attached hydrogen (secondary N) is 1. The smallest absolute Gasteiger partial charge is 0.181 e. The second-order valence-electron chi connectivity index (χ2n) is 6.74. The molecule has 0 spiro atoms. The van der Waals surface area contributed by atoms with Crippen molar-refractivity contribution in [3.05, 3.63) is 60.4 Å². The maximum absolute atomic E-state index is 10.2. The molecule has 8 heteroatoms. The van der Waals surface area contributed by atoms with Gasteiger partial charge in [-0.05, 0) is 17.2 Å². The molecule has 0 unspecified atom stereocenters. The summed E-state index contributed by atoms with van der Waals surface area (Å²) in [5, 5.41) is 46.4. The predicted molar refractivity (Wildman–Crippen MR) is 100.0 cm³/mol. The minimum atomic E-state index is -1.47. The van der Waals surface area contributed by atoms with E-state index in [0.29, 0.717) is 5.82 Å². The third-order valence-electron chi connectivity index (χ3n) is 4.89. The molecule has 1 aliphatic rings. The molecular formula is C20H21N3O5. The average molecular weight is 383 g/mol. The van der Waals surface area contributed by atoms with Crippen LogP contribution in [-0.4, -0.2) is 66.6 Å². The number of aromatic amines is 1. The number of hydrogen-bond donors (Lipinski definition) is 5. The molecule has 2 heterocycles. The van der Waals surface area contributed by atoms with Crippen molar-refractivity contribution in [2.24, 2.45) is 0 Å². The lowest BCUT2D eigenvalue weighted by atomic mass is 9.95. The number of nitrogens with zero attached hydrogens (tertiary/aromatic N) is 2. The molecule has 4 rings (SSSR count). The number of ether oxygens (including phenoxy) is 1. The van der Waals surface area contributed by atoms with Gasteiger partial charge in [-0.1, -0.05) is 48.5 Å². The summed E-state index contributed by atoms with van der Waals surface area (Å²) < 4.78 is 5.52. The highest BCUT2D eigenvalue weighted by atomic mass is 16.5. The zero-order valence-electron chi connectivity index (χ0n) is 14.9. The van der Waals surface area contributed by atoms with Crippen LogP contribution in [-0.2, 0) is 4.74 Å². The minimum absolute atomic E-state index is 0.206. The topological polar surface area (TPSA) is 132 Å². The number of aromatic nitrogens is 3. The summed E-state index contributed by atoms with van der Waals surface area (Å²) in [6.45, 7) is -0.498. The number of H-pyrrole nitrogens is 1. The van der Waals surface area contributed by atoms with Crippen molar-refractivity contribution in [2.45, 2.75) is 30.5 Å². The molecule has 8 nitrogen and oxygen atoms in total. The summed E-state index contributed by atoms with van der Waals surface area (Å²) in [6.07, 6.45) is -6.34. The number of rotatable bonds is 4. The fourth-order valence-electron chi connectivity index (χ4n) is 3.33. The normalized spacial score (nSPS) is 27.6. The summed E-state index contributed by atoms with van der Waals surface area (Å²) in [4.78, 5) is 4.39. The van der Waals surface area contributed by atoms with Crippen molar-refractivity contribution >= 4 is 0 Å². The first-order valence-electron chi connectivity index (χ1n) is 8.97. The lowest BCUT2D eigenvalue weighted by Gasteiger charge is -2.38. The SMILES string of the molecule is OC[C@H]1O[C@@H](c2nc(-c3cccc(-c4ccccc4)c3)n[nH]2)[C@H](O)[C@@H](O)[C@@H]1O. The van der Waals surface area contributed by atoms with Gasteiger partial charge >= 0.3 is 0 Å². The lowest BCUT2D eigenvalue weighted by Crippen LogP contribution is -2.55. The predicted octanol–water partition coefficient (Wildman–Crippen LogP) is 0.654. The number of aliphatic hydroxyl groups excluding tert-OH is 4. The zero-order valence-corrected chi connectivity index (χ0v) is 14.9. The van der Waals surface area contributed by atoms with E-state index in [4.69, 9.17) is 4.74 Å². The molecule has 28 heavy (non-hydrogen) atoms. The van der Waals surface area contributed by atoms with Gasteiger partial charge < -0.3 is 25.2 Å². The van der Waals surface area contributed by atoms with Crippen molar-refractivity contribution in [1.82, 2.24) is 15.2 Å². The molecule has 1 aliphatic heterocycles. The highest BCUT2D eigenvalue weighted by molar-refractivity contribution is 5.70. The van der Waals surface area contributed by atoms with E-state index >= 15 is 0 Å². The van der Waals surface area contributed by atoms with Gasteiger partial charge in [-0.3, -0.25) is 5.10 Å². The zero-order chi connectivity index (χ0) is 19.7. The Hall–Kier alpha value is -2.62. The first kappa shape index (κ1) is 18.7. The van der Waals surface area contributed by atoms with Crippen LogP contribution in [0.2, 0.25) is 0 Å². The fraction of sp³-hybridized carbons (Fsp3) is 0.300. The molecule has 0 saturated carbocycles. The molecule has 1 fully saturated rings. The van der Waals surface area contributed by atoms with E-state index in [1.54, 1.807) is 0 Å². The maximum Gasteiger partial charge on any atom is 0.181 e. The Morgan fingerprint density at radius 2 is 1.57 bits per heavy atom. The van der Waals surface area contributed by atoms with Gasteiger partial charge in [-0.15, -0.1) is 0 Å². The van der Waals surface area contributed by atoms with Crippen LogP contribution in [0.15, 0.2) is 54.6 Å². The van der Waals surface area contributed by atoms with E-state index in [-0.39, 0.29) is 5.82 Å². The van der Waals surface area contributed by atoms with E-state index in [1.165, 1.54) is 0 Å². The van der Waals surface area contributed by atoms with Crippen LogP contribution >= 0.6 is 0 Å². The van der Waals surface area contributed by atoms with Gasteiger partial charge in [0.1, 0.15) is 30.5 Å². The summed E-state index contributed by atoms with van der Waals surface area (Å²) in [7, 11) is 0. The quantitative estimate of drug-likeness (QED) is 0.447. The van der Waals surface area contributed by atoms with Crippen LogP contribution < -0.4 is 0 Å².